The summed E-state index contributed by atoms with van der Waals surface area (Å²) in [6, 6.07) is 10.3. The summed E-state index contributed by atoms with van der Waals surface area (Å²) in [6.45, 7) is 3.45. The van der Waals surface area contributed by atoms with E-state index in [1.54, 1.807) is 30.5 Å². The minimum atomic E-state index is -5.08. The fourth-order valence-corrected chi connectivity index (χ4v) is 4.04. The zero-order valence-corrected chi connectivity index (χ0v) is 22.9. The fraction of sp³-hybridized carbons (Fsp3) is 0.308. The molecule has 1 aromatic heterocycles. The van der Waals surface area contributed by atoms with Gasteiger partial charge in [-0.2, -0.15) is 31.4 Å². The molecule has 0 atom stereocenters. The van der Waals surface area contributed by atoms with Crippen LogP contribution in [0.3, 0.4) is 0 Å². The molecular weight excluding hydrogens is 610 g/mol. The highest BCUT2D eigenvalue weighted by Gasteiger charge is 2.38. The maximum absolute atomic E-state index is 12.8. The number of carbonyl (C=O) groups excluding carboxylic acids is 1. The van der Waals surface area contributed by atoms with Gasteiger partial charge in [-0.25, -0.2) is 14.3 Å². The Balaban J connectivity index is 0.000000646. The third-order valence-electron chi connectivity index (χ3n) is 5.90. The number of hydrogen-bond acceptors (Lipinski definition) is 6. The second kappa shape index (κ2) is 14.2. The molecule has 1 aliphatic rings. The molecule has 1 aliphatic heterocycles. The van der Waals surface area contributed by atoms with Gasteiger partial charge in [-0.3, -0.25) is 4.79 Å². The molecule has 43 heavy (non-hydrogen) atoms. The van der Waals surface area contributed by atoms with Crippen molar-refractivity contribution in [1.82, 2.24) is 15.1 Å². The van der Waals surface area contributed by atoms with Crippen LogP contribution in [0.5, 0.6) is 0 Å². The summed E-state index contributed by atoms with van der Waals surface area (Å²) in [7, 11) is 0. The zero-order chi connectivity index (χ0) is 31.8. The average Bonchev–Trinajstić information content (AvgIpc) is 3.22. The number of benzene rings is 2. The normalized spacial score (nSPS) is 13.8. The van der Waals surface area contributed by atoms with Gasteiger partial charge >= 0.3 is 24.4 Å². The predicted molar refractivity (Wildman–Crippen MR) is 147 cm³/mol. The minimum absolute atomic E-state index is 0.130. The molecule has 2 aromatic carbocycles. The highest BCUT2D eigenvalue weighted by atomic mass is 35.5. The summed E-state index contributed by atoms with van der Waals surface area (Å²) in [4.78, 5) is 35.9. The number of carbonyl (C=O) groups is 2. The van der Waals surface area contributed by atoms with Crippen LogP contribution in [0.4, 0.5) is 48.2 Å². The number of rotatable bonds is 5. The van der Waals surface area contributed by atoms with Gasteiger partial charge < -0.3 is 26.0 Å². The molecule has 2 heterocycles. The van der Waals surface area contributed by atoms with E-state index in [9.17, 15) is 35.9 Å². The number of carboxylic acids is 1. The van der Waals surface area contributed by atoms with Crippen molar-refractivity contribution in [3.63, 3.8) is 0 Å². The molecule has 0 radical (unpaired) electrons. The Kier molecular flexibility index (Phi) is 11.0. The number of aromatic nitrogens is 2. The van der Waals surface area contributed by atoms with E-state index in [1.165, 1.54) is 16.8 Å². The molecule has 0 spiro atoms. The first-order valence-corrected chi connectivity index (χ1v) is 12.9. The van der Waals surface area contributed by atoms with Crippen LogP contribution >= 0.6 is 11.6 Å². The van der Waals surface area contributed by atoms with Gasteiger partial charge in [0.1, 0.15) is 5.02 Å². The van der Waals surface area contributed by atoms with E-state index in [0.717, 1.165) is 50.3 Å². The summed E-state index contributed by atoms with van der Waals surface area (Å²) in [5, 5.41) is 19.9. The smallest absolute Gasteiger partial charge is 0.475 e. The van der Waals surface area contributed by atoms with Gasteiger partial charge in [-0.1, -0.05) is 23.7 Å². The van der Waals surface area contributed by atoms with Gasteiger partial charge in [0, 0.05) is 31.0 Å². The van der Waals surface area contributed by atoms with Gasteiger partial charge in [0.15, 0.2) is 0 Å². The standard InChI is InChI=1S/C24H24ClF3N6O2.C2HF3O2/c25-21-20(33-12-1-10-29-11-13-33)14-30-34(22(21)35)15-16-2-6-18(7-3-16)31-23(36)32-19-8-4-17(5-9-19)24(26,27)28;3-2(4,5)1(6)7/h2-9,14,29H,1,10-13,15H2,(H2,31,32,36);(H,6,7). The van der Waals surface area contributed by atoms with Crippen LogP contribution < -0.4 is 26.4 Å². The third-order valence-corrected chi connectivity index (χ3v) is 6.26. The molecule has 2 amide bonds. The Bertz CT molecular complexity index is 1460. The molecule has 17 heteroatoms. The first kappa shape index (κ1) is 33.2. The Labute approximate surface area is 245 Å². The lowest BCUT2D eigenvalue weighted by Crippen LogP contribution is -2.32. The van der Waals surface area contributed by atoms with Crippen molar-refractivity contribution in [2.45, 2.75) is 25.3 Å². The first-order valence-electron chi connectivity index (χ1n) is 12.5. The highest BCUT2D eigenvalue weighted by Crippen LogP contribution is 2.30. The molecule has 1 saturated heterocycles. The molecule has 10 nitrogen and oxygen atoms in total. The molecule has 3 aromatic rings. The average molecular weight is 635 g/mol. The molecule has 0 saturated carbocycles. The van der Waals surface area contributed by atoms with Crippen molar-refractivity contribution in [2.24, 2.45) is 0 Å². The summed E-state index contributed by atoms with van der Waals surface area (Å²) >= 11 is 6.39. The topological polar surface area (TPSA) is 129 Å². The molecule has 4 N–H and O–H groups in total. The van der Waals surface area contributed by atoms with E-state index in [-0.39, 0.29) is 22.8 Å². The Morgan fingerprint density at radius 1 is 0.930 bits per heavy atom. The molecule has 4 rings (SSSR count). The molecule has 0 aliphatic carbocycles. The summed E-state index contributed by atoms with van der Waals surface area (Å²) in [5.41, 5.74) is 0.893. The molecule has 232 valence electrons. The van der Waals surface area contributed by atoms with Crippen LogP contribution in [0.1, 0.15) is 17.5 Å². The van der Waals surface area contributed by atoms with Gasteiger partial charge in [0.25, 0.3) is 5.56 Å². The molecule has 0 bridgehead atoms. The lowest BCUT2D eigenvalue weighted by Gasteiger charge is -2.23. The third kappa shape index (κ3) is 9.89. The summed E-state index contributed by atoms with van der Waals surface area (Å²) in [6.07, 6.45) is -6.97. The minimum Gasteiger partial charge on any atom is -0.475 e. The number of alkyl halides is 6. The number of amides is 2. The van der Waals surface area contributed by atoms with Gasteiger partial charge in [-0.05, 0) is 54.9 Å². The Hall–Kier alpha value is -4.31. The van der Waals surface area contributed by atoms with E-state index < -0.39 is 29.9 Å². The highest BCUT2D eigenvalue weighted by molar-refractivity contribution is 6.33. The van der Waals surface area contributed by atoms with E-state index in [0.29, 0.717) is 11.4 Å². The Morgan fingerprint density at radius 2 is 1.49 bits per heavy atom. The lowest BCUT2D eigenvalue weighted by molar-refractivity contribution is -0.192. The maximum atomic E-state index is 12.8. The van der Waals surface area contributed by atoms with Gasteiger partial charge in [0.2, 0.25) is 0 Å². The quantitative estimate of drug-likeness (QED) is 0.290. The number of halogens is 7. The van der Waals surface area contributed by atoms with Crippen molar-refractivity contribution in [2.75, 3.05) is 41.7 Å². The second-order valence-corrected chi connectivity index (χ2v) is 9.43. The van der Waals surface area contributed by atoms with E-state index in [4.69, 9.17) is 21.5 Å². The van der Waals surface area contributed by atoms with Crippen molar-refractivity contribution in [1.29, 1.82) is 0 Å². The van der Waals surface area contributed by atoms with Crippen molar-refractivity contribution >= 4 is 40.7 Å². The zero-order valence-electron chi connectivity index (χ0n) is 22.1. The van der Waals surface area contributed by atoms with E-state index in [2.05, 4.69) is 25.9 Å². The molecular formula is C26H25ClF6N6O4. The number of nitrogens with zero attached hydrogens (tertiary/aromatic N) is 3. The van der Waals surface area contributed by atoms with Crippen molar-refractivity contribution in [3.05, 3.63) is 81.2 Å². The number of aliphatic carboxylic acids is 1. The van der Waals surface area contributed by atoms with Crippen molar-refractivity contribution < 1.29 is 41.0 Å². The summed E-state index contributed by atoms with van der Waals surface area (Å²) < 4.78 is 71.0. The van der Waals surface area contributed by atoms with Crippen LogP contribution in [0.15, 0.2) is 59.5 Å². The molecule has 1 fully saturated rings. The first-order chi connectivity index (χ1) is 20.1. The van der Waals surface area contributed by atoms with Gasteiger partial charge in [-0.15, -0.1) is 0 Å². The van der Waals surface area contributed by atoms with Crippen LogP contribution in [0.25, 0.3) is 0 Å². The number of urea groups is 1. The van der Waals surface area contributed by atoms with E-state index >= 15 is 0 Å². The Morgan fingerprint density at radius 3 is 2.02 bits per heavy atom. The van der Waals surface area contributed by atoms with Crippen molar-refractivity contribution in [3.8, 4) is 0 Å². The molecule has 0 unspecified atom stereocenters. The van der Waals surface area contributed by atoms with Gasteiger partial charge in [0.05, 0.1) is 24.0 Å². The number of nitrogens with one attached hydrogen (secondary N) is 3. The largest absolute Gasteiger partial charge is 0.490 e. The van der Waals surface area contributed by atoms with Crippen LogP contribution in [-0.4, -0.2) is 59.2 Å². The second-order valence-electron chi connectivity index (χ2n) is 9.05. The number of carboxylic acid groups (broad SMARTS) is 1. The SMILES string of the molecule is O=C(Nc1ccc(Cn2ncc(N3CCCNCC3)c(Cl)c2=O)cc1)Nc1ccc(C(F)(F)F)cc1.O=C(O)C(F)(F)F. The van der Waals surface area contributed by atoms with Crippen LogP contribution in [0, 0.1) is 0 Å². The summed E-state index contributed by atoms with van der Waals surface area (Å²) in [5.74, 6) is -2.76. The monoisotopic (exact) mass is 634 g/mol. The van der Waals surface area contributed by atoms with E-state index in [1.807, 2.05) is 0 Å². The predicted octanol–water partition coefficient (Wildman–Crippen LogP) is 5.04. The number of anilines is 3. The fourth-order valence-electron chi connectivity index (χ4n) is 3.78. The van der Waals surface area contributed by atoms with Crippen LogP contribution in [0.2, 0.25) is 5.02 Å². The lowest BCUT2D eigenvalue weighted by atomic mass is 10.2. The van der Waals surface area contributed by atoms with Crippen LogP contribution in [-0.2, 0) is 17.5 Å². The number of hydrogen-bond donors (Lipinski definition) is 4. The maximum Gasteiger partial charge on any atom is 0.490 e.